The van der Waals surface area contributed by atoms with Crippen molar-refractivity contribution < 1.29 is 36.6 Å². The van der Waals surface area contributed by atoms with Crippen LogP contribution in [0.25, 0.3) is 0 Å². The van der Waals surface area contributed by atoms with E-state index in [1.807, 2.05) is 0 Å². The summed E-state index contributed by atoms with van der Waals surface area (Å²) < 4.78 is 65.9. The van der Waals surface area contributed by atoms with Crippen LogP contribution >= 0.6 is 0 Å². The van der Waals surface area contributed by atoms with E-state index in [2.05, 4.69) is 9.72 Å². The van der Waals surface area contributed by atoms with Gasteiger partial charge in [-0.15, -0.1) is 0 Å². The number of rotatable bonds is 5. The summed E-state index contributed by atoms with van der Waals surface area (Å²) in [5.74, 6) is -8.72. The Hall–Kier alpha value is -1.93. The summed E-state index contributed by atoms with van der Waals surface area (Å²) in [6.45, 7) is -1.81. The average Bonchev–Trinajstić information content (AvgIpc) is 2.27. The monoisotopic (exact) mass is 271 g/mol. The van der Waals surface area contributed by atoms with E-state index in [4.69, 9.17) is 5.11 Å². The van der Waals surface area contributed by atoms with E-state index < -0.39 is 42.2 Å². The van der Waals surface area contributed by atoms with Gasteiger partial charge in [-0.05, 0) is 6.07 Å². The van der Waals surface area contributed by atoms with Gasteiger partial charge in [0.1, 0.15) is 5.56 Å². The summed E-state index contributed by atoms with van der Waals surface area (Å²) >= 11 is 0. The van der Waals surface area contributed by atoms with Crippen LogP contribution in [0.3, 0.4) is 0 Å². The van der Waals surface area contributed by atoms with Gasteiger partial charge in [0.05, 0.1) is 0 Å². The van der Waals surface area contributed by atoms with Crippen LogP contribution in [0.5, 0.6) is 5.88 Å². The second kappa shape index (κ2) is 5.15. The molecule has 1 aromatic heterocycles. The van der Waals surface area contributed by atoms with Crippen LogP contribution in [-0.2, 0) is 0 Å². The molecule has 0 amide bonds. The molecule has 1 heterocycles. The van der Waals surface area contributed by atoms with Crippen molar-refractivity contribution in [3.63, 3.8) is 0 Å². The van der Waals surface area contributed by atoms with Crippen molar-refractivity contribution in [2.75, 3.05) is 6.61 Å². The summed E-state index contributed by atoms with van der Waals surface area (Å²) in [5.41, 5.74) is -0.861. The van der Waals surface area contributed by atoms with Crippen LogP contribution in [0.1, 0.15) is 10.4 Å². The first-order valence-electron chi connectivity index (χ1n) is 4.42. The molecule has 1 N–H and O–H groups in total. The van der Waals surface area contributed by atoms with Gasteiger partial charge < -0.3 is 9.84 Å². The smallest absolute Gasteiger partial charge is 0.340 e. The molecule has 100 valence electrons. The molecule has 4 nitrogen and oxygen atoms in total. The number of ether oxygens (including phenoxy) is 1. The van der Waals surface area contributed by atoms with E-state index in [1.165, 1.54) is 0 Å². The summed E-state index contributed by atoms with van der Waals surface area (Å²) in [4.78, 5) is 13.6. The molecule has 0 saturated heterocycles. The minimum atomic E-state index is -4.48. The fourth-order valence-corrected chi connectivity index (χ4v) is 0.918. The van der Waals surface area contributed by atoms with Gasteiger partial charge in [0, 0.05) is 6.20 Å². The Morgan fingerprint density at radius 3 is 2.61 bits per heavy atom. The van der Waals surface area contributed by atoms with Gasteiger partial charge in [0.2, 0.25) is 0 Å². The first-order chi connectivity index (χ1) is 8.25. The Labute approximate surface area is 97.0 Å². The predicted molar refractivity (Wildman–Crippen MR) is 47.6 cm³/mol. The quantitative estimate of drug-likeness (QED) is 0.834. The Morgan fingerprint density at radius 2 is 2.11 bits per heavy atom. The highest BCUT2D eigenvalue weighted by molar-refractivity contribution is 5.88. The number of halogens is 5. The molecule has 1 rings (SSSR count). The Kier molecular flexibility index (Phi) is 4.04. The molecule has 0 atom stereocenters. The van der Waals surface area contributed by atoms with Crippen molar-refractivity contribution in [2.24, 2.45) is 0 Å². The number of pyridine rings is 1. The molecule has 0 aliphatic carbocycles. The fraction of sp³-hybridized carbons (Fsp3) is 0.333. The van der Waals surface area contributed by atoms with Crippen molar-refractivity contribution in [3.8, 4) is 5.88 Å². The van der Waals surface area contributed by atoms with Crippen molar-refractivity contribution in [1.29, 1.82) is 0 Å². The lowest BCUT2D eigenvalue weighted by molar-refractivity contribution is -0.149. The maximum absolute atomic E-state index is 13.3. The van der Waals surface area contributed by atoms with Gasteiger partial charge in [0.15, 0.2) is 12.4 Å². The summed E-state index contributed by atoms with van der Waals surface area (Å²) in [6, 6.07) is 0.774. The molecule has 9 heteroatoms. The second-order valence-corrected chi connectivity index (χ2v) is 3.13. The highest BCUT2D eigenvalue weighted by atomic mass is 19.3. The van der Waals surface area contributed by atoms with Gasteiger partial charge in [-0.2, -0.15) is 8.78 Å². The van der Waals surface area contributed by atoms with Crippen molar-refractivity contribution >= 4 is 5.97 Å². The molecule has 0 aromatic carbocycles. The van der Waals surface area contributed by atoms with Crippen LogP contribution < -0.4 is 4.74 Å². The van der Waals surface area contributed by atoms with Crippen LogP contribution in [0, 0.1) is 5.82 Å². The number of hydrogen-bond acceptors (Lipinski definition) is 3. The lowest BCUT2D eigenvalue weighted by Gasteiger charge is -2.15. The number of nitrogens with zero attached hydrogens (tertiary/aromatic N) is 1. The van der Waals surface area contributed by atoms with Crippen LogP contribution in [0.4, 0.5) is 22.0 Å². The van der Waals surface area contributed by atoms with Crippen molar-refractivity contribution in [3.05, 3.63) is 23.6 Å². The van der Waals surface area contributed by atoms with E-state index in [0.29, 0.717) is 0 Å². The number of carboxylic acid groups (broad SMARTS) is 1. The van der Waals surface area contributed by atoms with Gasteiger partial charge in [0.25, 0.3) is 5.88 Å². The van der Waals surface area contributed by atoms with Gasteiger partial charge in [-0.3, -0.25) is 0 Å². The summed E-state index contributed by atoms with van der Waals surface area (Å²) in [5, 5.41) is 8.51. The zero-order valence-electron chi connectivity index (χ0n) is 8.54. The molecule has 0 spiro atoms. The lowest BCUT2D eigenvalue weighted by Crippen LogP contribution is -2.34. The van der Waals surface area contributed by atoms with Crippen molar-refractivity contribution in [2.45, 2.75) is 12.3 Å². The second-order valence-electron chi connectivity index (χ2n) is 3.13. The number of carbonyl (C=O) groups is 1. The molecular weight excluding hydrogens is 265 g/mol. The topological polar surface area (TPSA) is 59.4 Å². The average molecular weight is 271 g/mol. The number of alkyl halides is 4. The third-order valence-electron chi connectivity index (χ3n) is 1.81. The zero-order chi connectivity index (χ0) is 13.9. The van der Waals surface area contributed by atoms with Gasteiger partial charge in [-0.1, -0.05) is 0 Å². The minimum Gasteiger partial charge on any atom is -0.478 e. The van der Waals surface area contributed by atoms with Crippen LogP contribution in [-0.4, -0.2) is 35.0 Å². The number of carboxylic acids is 1. The number of hydrogen-bond donors (Lipinski definition) is 1. The summed E-state index contributed by atoms with van der Waals surface area (Å²) in [7, 11) is 0. The standard InChI is InChI=1S/C9H6F5NO3/c10-5-4(7(16)17)1-2-15-6(5)18-3-9(13,14)8(11)12/h1-2,8H,3H2,(H,16,17). The molecule has 0 aliphatic rings. The van der Waals surface area contributed by atoms with E-state index in [1.54, 1.807) is 0 Å². The molecule has 18 heavy (non-hydrogen) atoms. The normalized spacial score (nSPS) is 11.7. The third-order valence-corrected chi connectivity index (χ3v) is 1.81. The maximum Gasteiger partial charge on any atom is 0.340 e. The molecule has 1 aromatic rings. The van der Waals surface area contributed by atoms with Crippen LogP contribution in [0.2, 0.25) is 0 Å². The molecule has 0 radical (unpaired) electrons. The summed E-state index contributed by atoms with van der Waals surface area (Å²) in [6.07, 6.45) is -3.19. The predicted octanol–water partition coefficient (Wildman–Crippen LogP) is 2.20. The highest BCUT2D eigenvalue weighted by Gasteiger charge is 2.42. The van der Waals surface area contributed by atoms with Gasteiger partial charge in [-0.25, -0.2) is 22.9 Å². The number of aromatic carboxylic acids is 1. The first kappa shape index (κ1) is 14.1. The molecule has 0 saturated carbocycles. The molecule has 0 unspecified atom stereocenters. The molecule has 0 bridgehead atoms. The van der Waals surface area contributed by atoms with E-state index >= 15 is 0 Å². The zero-order valence-corrected chi connectivity index (χ0v) is 8.54. The third kappa shape index (κ3) is 3.05. The first-order valence-corrected chi connectivity index (χ1v) is 4.42. The van der Waals surface area contributed by atoms with E-state index in [0.717, 1.165) is 12.3 Å². The largest absolute Gasteiger partial charge is 0.478 e. The van der Waals surface area contributed by atoms with Gasteiger partial charge >= 0.3 is 18.3 Å². The highest BCUT2D eigenvalue weighted by Crippen LogP contribution is 2.25. The molecule has 0 fully saturated rings. The number of aromatic nitrogens is 1. The Balaban J connectivity index is 2.87. The Bertz CT molecular complexity index is 452. The van der Waals surface area contributed by atoms with Crippen molar-refractivity contribution in [1.82, 2.24) is 4.98 Å². The maximum atomic E-state index is 13.3. The van der Waals surface area contributed by atoms with Crippen LogP contribution in [0.15, 0.2) is 12.3 Å². The minimum absolute atomic E-state index is 0.774. The Morgan fingerprint density at radius 1 is 1.50 bits per heavy atom. The molecule has 0 aliphatic heterocycles. The fourth-order valence-electron chi connectivity index (χ4n) is 0.918. The lowest BCUT2D eigenvalue weighted by atomic mass is 10.2. The van der Waals surface area contributed by atoms with E-state index in [9.17, 15) is 26.7 Å². The molecular formula is C9H6F5NO3. The van der Waals surface area contributed by atoms with E-state index in [-0.39, 0.29) is 0 Å². The SMILES string of the molecule is O=C(O)c1ccnc(OCC(F)(F)C(F)F)c1F.